The van der Waals surface area contributed by atoms with Crippen LogP contribution in [0.4, 0.5) is 5.00 Å². The lowest BCUT2D eigenvalue weighted by Gasteiger charge is -2.06. The minimum Gasteiger partial charge on any atom is -0.478 e. The topological polar surface area (TPSA) is 66.4 Å². The Labute approximate surface area is 128 Å². The smallest absolute Gasteiger partial charge is 0.338 e. The van der Waals surface area contributed by atoms with Crippen molar-refractivity contribution >= 4 is 44.1 Å². The fourth-order valence-electron chi connectivity index (χ4n) is 1.79. The molecule has 0 fully saturated rings. The molecule has 1 aromatic heterocycles. The fourth-order valence-corrected chi connectivity index (χ4v) is 3.30. The number of benzene rings is 1. The maximum atomic E-state index is 12.2. The van der Waals surface area contributed by atoms with Crippen molar-refractivity contribution in [3.8, 4) is 0 Å². The Morgan fingerprint density at radius 1 is 1.25 bits per heavy atom. The maximum Gasteiger partial charge on any atom is 0.338 e. The number of hydrogen-bond donors (Lipinski definition) is 2. The highest BCUT2D eigenvalue weighted by Crippen LogP contribution is 2.33. The SMILES string of the molecule is Cc1sc(NC(=O)c2ccccc2Br)c(C(=O)O)c1C. The number of carboxylic acid groups (broad SMARTS) is 1. The molecule has 104 valence electrons. The standard InChI is InChI=1S/C14H12BrNO3S/c1-7-8(2)20-13(11(7)14(18)19)16-12(17)9-5-3-4-6-10(9)15/h3-6H,1-2H3,(H,16,17)(H,18,19). The first-order chi connectivity index (χ1) is 9.41. The fraction of sp³-hybridized carbons (Fsp3) is 0.143. The second-order valence-corrected chi connectivity index (χ2v) is 6.31. The van der Waals surface area contributed by atoms with Crippen LogP contribution in [0.15, 0.2) is 28.7 Å². The summed E-state index contributed by atoms with van der Waals surface area (Å²) in [5.41, 5.74) is 1.31. The van der Waals surface area contributed by atoms with E-state index < -0.39 is 5.97 Å². The molecule has 4 nitrogen and oxygen atoms in total. The van der Waals surface area contributed by atoms with E-state index in [4.69, 9.17) is 0 Å². The molecule has 6 heteroatoms. The van der Waals surface area contributed by atoms with Gasteiger partial charge < -0.3 is 10.4 Å². The number of anilines is 1. The third-order valence-corrected chi connectivity index (χ3v) is 4.76. The van der Waals surface area contributed by atoms with E-state index in [2.05, 4.69) is 21.2 Å². The van der Waals surface area contributed by atoms with Crippen LogP contribution in [-0.4, -0.2) is 17.0 Å². The summed E-state index contributed by atoms with van der Waals surface area (Å²) in [6.45, 7) is 3.57. The quantitative estimate of drug-likeness (QED) is 0.873. The summed E-state index contributed by atoms with van der Waals surface area (Å²) in [6.07, 6.45) is 0. The number of aryl methyl sites for hydroxylation is 1. The van der Waals surface area contributed by atoms with Crippen LogP contribution in [-0.2, 0) is 0 Å². The highest BCUT2D eigenvalue weighted by molar-refractivity contribution is 9.10. The van der Waals surface area contributed by atoms with Gasteiger partial charge in [0.05, 0.1) is 11.1 Å². The molecular weight excluding hydrogens is 342 g/mol. The van der Waals surface area contributed by atoms with Gasteiger partial charge in [0.2, 0.25) is 0 Å². The van der Waals surface area contributed by atoms with Gasteiger partial charge in [-0.3, -0.25) is 4.79 Å². The largest absolute Gasteiger partial charge is 0.478 e. The van der Waals surface area contributed by atoms with Crippen LogP contribution in [0.2, 0.25) is 0 Å². The molecule has 0 saturated carbocycles. The lowest BCUT2D eigenvalue weighted by atomic mass is 10.1. The number of thiophene rings is 1. The summed E-state index contributed by atoms with van der Waals surface area (Å²) in [6, 6.07) is 7.00. The summed E-state index contributed by atoms with van der Waals surface area (Å²) >= 11 is 4.57. The number of halogens is 1. The van der Waals surface area contributed by atoms with Crippen molar-refractivity contribution in [2.45, 2.75) is 13.8 Å². The highest BCUT2D eigenvalue weighted by atomic mass is 79.9. The summed E-state index contributed by atoms with van der Waals surface area (Å²) in [5, 5.41) is 12.3. The van der Waals surface area contributed by atoms with E-state index in [1.807, 2.05) is 13.0 Å². The van der Waals surface area contributed by atoms with Crippen molar-refractivity contribution < 1.29 is 14.7 Å². The van der Waals surface area contributed by atoms with Gasteiger partial charge in [0.15, 0.2) is 0 Å². The van der Waals surface area contributed by atoms with Gasteiger partial charge in [-0.1, -0.05) is 12.1 Å². The Morgan fingerprint density at radius 3 is 2.50 bits per heavy atom. The van der Waals surface area contributed by atoms with Gasteiger partial charge in [0.25, 0.3) is 5.91 Å². The number of rotatable bonds is 3. The lowest BCUT2D eigenvalue weighted by molar-refractivity contribution is 0.0697. The Hall–Kier alpha value is -1.66. The molecular formula is C14H12BrNO3S. The second-order valence-electron chi connectivity index (χ2n) is 4.23. The Balaban J connectivity index is 2.36. The minimum atomic E-state index is -1.03. The van der Waals surface area contributed by atoms with E-state index in [0.717, 1.165) is 4.88 Å². The van der Waals surface area contributed by atoms with E-state index in [1.54, 1.807) is 25.1 Å². The van der Waals surface area contributed by atoms with Gasteiger partial charge in [-0.2, -0.15) is 0 Å². The Kier molecular flexibility index (Phi) is 4.25. The third-order valence-electron chi connectivity index (χ3n) is 2.94. The van der Waals surface area contributed by atoms with E-state index >= 15 is 0 Å². The number of nitrogens with one attached hydrogen (secondary N) is 1. The van der Waals surface area contributed by atoms with Crippen molar-refractivity contribution in [2.24, 2.45) is 0 Å². The first-order valence-electron chi connectivity index (χ1n) is 5.81. The summed E-state index contributed by atoms with van der Waals surface area (Å²) in [5.74, 6) is -1.37. The monoisotopic (exact) mass is 353 g/mol. The normalized spacial score (nSPS) is 10.3. The first kappa shape index (κ1) is 14.7. The molecule has 0 atom stereocenters. The van der Waals surface area contributed by atoms with Crippen LogP contribution in [0.5, 0.6) is 0 Å². The van der Waals surface area contributed by atoms with Crippen LogP contribution >= 0.6 is 27.3 Å². The number of amides is 1. The lowest BCUT2D eigenvalue weighted by Crippen LogP contribution is -2.14. The Morgan fingerprint density at radius 2 is 1.90 bits per heavy atom. The number of carbonyl (C=O) groups is 2. The molecule has 0 radical (unpaired) electrons. The van der Waals surface area contributed by atoms with Crippen molar-refractivity contribution in [1.29, 1.82) is 0 Å². The van der Waals surface area contributed by atoms with E-state index in [1.165, 1.54) is 11.3 Å². The zero-order chi connectivity index (χ0) is 14.9. The van der Waals surface area contributed by atoms with Crippen molar-refractivity contribution in [1.82, 2.24) is 0 Å². The van der Waals surface area contributed by atoms with Crippen LogP contribution in [0.1, 0.15) is 31.2 Å². The molecule has 1 heterocycles. The zero-order valence-electron chi connectivity index (χ0n) is 10.9. The van der Waals surface area contributed by atoms with Crippen LogP contribution < -0.4 is 5.32 Å². The molecule has 0 aliphatic carbocycles. The van der Waals surface area contributed by atoms with Crippen LogP contribution in [0.25, 0.3) is 0 Å². The molecule has 0 aliphatic rings. The van der Waals surface area contributed by atoms with E-state index in [-0.39, 0.29) is 11.5 Å². The molecule has 20 heavy (non-hydrogen) atoms. The maximum absolute atomic E-state index is 12.2. The molecule has 2 N–H and O–H groups in total. The molecule has 0 unspecified atom stereocenters. The first-order valence-corrected chi connectivity index (χ1v) is 7.42. The predicted molar refractivity (Wildman–Crippen MR) is 82.8 cm³/mol. The Bertz CT molecular complexity index is 694. The van der Waals surface area contributed by atoms with E-state index in [0.29, 0.717) is 20.6 Å². The molecule has 2 rings (SSSR count). The summed E-state index contributed by atoms with van der Waals surface area (Å²) < 4.78 is 0.666. The average molecular weight is 354 g/mol. The highest BCUT2D eigenvalue weighted by Gasteiger charge is 2.21. The van der Waals surface area contributed by atoms with Gasteiger partial charge in [-0.15, -0.1) is 11.3 Å². The number of carboxylic acids is 1. The van der Waals surface area contributed by atoms with E-state index in [9.17, 15) is 14.7 Å². The van der Waals surface area contributed by atoms with Crippen LogP contribution in [0.3, 0.4) is 0 Å². The molecule has 0 spiro atoms. The predicted octanol–water partition coefficient (Wildman–Crippen LogP) is 4.08. The van der Waals surface area contributed by atoms with Gasteiger partial charge >= 0.3 is 5.97 Å². The molecule has 1 amide bonds. The van der Waals surface area contributed by atoms with Gasteiger partial charge in [-0.05, 0) is 47.5 Å². The second kappa shape index (κ2) is 5.76. The molecule has 2 aromatic rings. The molecule has 0 aliphatic heterocycles. The van der Waals surface area contributed by atoms with Gasteiger partial charge in [0, 0.05) is 9.35 Å². The average Bonchev–Trinajstić information content (AvgIpc) is 2.65. The molecule has 1 aromatic carbocycles. The summed E-state index contributed by atoms with van der Waals surface area (Å²) in [7, 11) is 0. The van der Waals surface area contributed by atoms with Crippen molar-refractivity contribution in [3.63, 3.8) is 0 Å². The summed E-state index contributed by atoms with van der Waals surface area (Å²) in [4.78, 5) is 24.4. The zero-order valence-corrected chi connectivity index (χ0v) is 13.3. The van der Waals surface area contributed by atoms with Gasteiger partial charge in [-0.25, -0.2) is 4.79 Å². The van der Waals surface area contributed by atoms with Crippen LogP contribution in [0, 0.1) is 13.8 Å². The molecule has 0 bridgehead atoms. The number of aromatic carboxylic acids is 1. The molecule has 0 saturated heterocycles. The number of carbonyl (C=O) groups excluding carboxylic acids is 1. The van der Waals surface area contributed by atoms with Gasteiger partial charge in [0.1, 0.15) is 5.00 Å². The van der Waals surface area contributed by atoms with Crippen molar-refractivity contribution in [2.75, 3.05) is 5.32 Å². The van der Waals surface area contributed by atoms with Crippen molar-refractivity contribution in [3.05, 3.63) is 50.3 Å². The minimum absolute atomic E-state index is 0.160. The third kappa shape index (κ3) is 2.76. The number of hydrogen-bond acceptors (Lipinski definition) is 3.